The molecular formula is C15H12F2O2. The van der Waals surface area contributed by atoms with Crippen molar-refractivity contribution in [2.24, 2.45) is 0 Å². The Morgan fingerprint density at radius 2 is 1.53 bits per heavy atom. The van der Waals surface area contributed by atoms with E-state index in [0.29, 0.717) is 5.56 Å². The third-order valence-corrected chi connectivity index (χ3v) is 2.75. The van der Waals surface area contributed by atoms with E-state index < -0.39 is 17.6 Å². The number of halogens is 2. The SMILES string of the molecule is Cc1ccc(C(=O)Oc2cc(F)c(C)c(F)c2)cc1. The first-order valence-corrected chi connectivity index (χ1v) is 5.72. The lowest BCUT2D eigenvalue weighted by Crippen LogP contribution is -2.09. The van der Waals surface area contributed by atoms with Crippen molar-refractivity contribution in [2.45, 2.75) is 13.8 Å². The molecule has 0 unspecified atom stereocenters. The van der Waals surface area contributed by atoms with Gasteiger partial charge in [-0.05, 0) is 26.0 Å². The van der Waals surface area contributed by atoms with E-state index in [1.807, 2.05) is 6.92 Å². The zero-order valence-corrected chi connectivity index (χ0v) is 10.5. The first-order valence-electron chi connectivity index (χ1n) is 5.72. The molecular weight excluding hydrogens is 250 g/mol. The van der Waals surface area contributed by atoms with Crippen molar-refractivity contribution in [1.82, 2.24) is 0 Å². The summed E-state index contributed by atoms with van der Waals surface area (Å²) in [4.78, 5) is 11.8. The molecule has 19 heavy (non-hydrogen) atoms. The van der Waals surface area contributed by atoms with E-state index in [0.717, 1.165) is 17.7 Å². The predicted octanol–water partition coefficient (Wildman–Crippen LogP) is 3.80. The lowest BCUT2D eigenvalue weighted by molar-refractivity contribution is 0.0734. The maximum absolute atomic E-state index is 13.3. The van der Waals surface area contributed by atoms with Crippen LogP contribution < -0.4 is 4.74 Å². The van der Waals surface area contributed by atoms with Gasteiger partial charge in [-0.25, -0.2) is 13.6 Å². The quantitative estimate of drug-likeness (QED) is 0.607. The normalized spacial score (nSPS) is 10.3. The van der Waals surface area contributed by atoms with Crippen LogP contribution in [-0.2, 0) is 0 Å². The second kappa shape index (κ2) is 5.18. The standard InChI is InChI=1S/C15H12F2O2/c1-9-3-5-11(6-4-9)15(18)19-12-7-13(16)10(2)14(17)8-12/h3-8H,1-2H3. The Morgan fingerprint density at radius 3 is 2.05 bits per heavy atom. The van der Waals surface area contributed by atoms with Crippen LogP contribution in [0.25, 0.3) is 0 Å². The minimum Gasteiger partial charge on any atom is -0.423 e. The minimum atomic E-state index is -0.744. The first kappa shape index (κ1) is 13.2. The lowest BCUT2D eigenvalue weighted by atomic mass is 10.1. The van der Waals surface area contributed by atoms with Gasteiger partial charge in [0, 0.05) is 17.7 Å². The number of ether oxygens (including phenoxy) is 1. The highest BCUT2D eigenvalue weighted by molar-refractivity contribution is 5.91. The van der Waals surface area contributed by atoms with Crippen LogP contribution in [0.15, 0.2) is 36.4 Å². The molecule has 0 heterocycles. The van der Waals surface area contributed by atoms with Gasteiger partial charge in [-0.3, -0.25) is 0 Å². The summed E-state index contributed by atoms with van der Waals surface area (Å²) in [5.41, 5.74) is 1.23. The molecule has 0 radical (unpaired) electrons. The molecule has 0 N–H and O–H groups in total. The van der Waals surface area contributed by atoms with Crippen molar-refractivity contribution in [3.05, 3.63) is 64.7 Å². The van der Waals surface area contributed by atoms with Crippen molar-refractivity contribution < 1.29 is 18.3 Å². The zero-order chi connectivity index (χ0) is 14.0. The van der Waals surface area contributed by atoms with Gasteiger partial charge >= 0.3 is 5.97 Å². The molecule has 0 atom stereocenters. The highest BCUT2D eigenvalue weighted by Crippen LogP contribution is 2.20. The molecule has 0 spiro atoms. The van der Waals surface area contributed by atoms with Gasteiger partial charge in [0.2, 0.25) is 0 Å². The average molecular weight is 262 g/mol. The summed E-state index contributed by atoms with van der Waals surface area (Å²) in [6.45, 7) is 3.20. The number of rotatable bonds is 2. The predicted molar refractivity (Wildman–Crippen MR) is 67.2 cm³/mol. The summed E-state index contributed by atoms with van der Waals surface area (Å²) in [7, 11) is 0. The van der Waals surface area contributed by atoms with Crippen molar-refractivity contribution in [1.29, 1.82) is 0 Å². The van der Waals surface area contributed by atoms with Crippen molar-refractivity contribution in [3.63, 3.8) is 0 Å². The van der Waals surface area contributed by atoms with E-state index in [1.165, 1.54) is 6.92 Å². The summed E-state index contributed by atoms with van der Waals surface area (Å²) in [6, 6.07) is 8.69. The maximum Gasteiger partial charge on any atom is 0.343 e. The molecule has 98 valence electrons. The van der Waals surface area contributed by atoms with Crippen molar-refractivity contribution >= 4 is 5.97 Å². The maximum atomic E-state index is 13.3. The molecule has 0 aliphatic rings. The third-order valence-electron chi connectivity index (χ3n) is 2.75. The Hall–Kier alpha value is -2.23. The fourth-order valence-electron chi connectivity index (χ4n) is 1.54. The van der Waals surface area contributed by atoms with E-state index in [9.17, 15) is 13.6 Å². The molecule has 0 fully saturated rings. The number of carbonyl (C=O) groups excluding carboxylic acids is 1. The molecule has 2 aromatic carbocycles. The molecule has 0 aliphatic carbocycles. The highest BCUT2D eigenvalue weighted by Gasteiger charge is 2.12. The monoisotopic (exact) mass is 262 g/mol. The molecule has 4 heteroatoms. The smallest absolute Gasteiger partial charge is 0.343 e. The second-order valence-electron chi connectivity index (χ2n) is 4.27. The van der Waals surface area contributed by atoms with Gasteiger partial charge in [-0.2, -0.15) is 0 Å². The van der Waals surface area contributed by atoms with Gasteiger partial charge in [0.25, 0.3) is 0 Å². The zero-order valence-electron chi connectivity index (χ0n) is 10.5. The molecule has 0 amide bonds. The molecule has 2 nitrogen and oxygen atoms in total. The Morgan fingerprint density at radius 1 is 1.00 bits per heavy atom. The van der Waals surface area contributed by atoms with Gasteiger partial charge in [0.05, 0.1) is 5.56 Å². The van der Waals surface area contributed by atoms with Crippen LogP contribution in [0.4, 0.5) is 8.78 Å². The molecule has 0 aliphatic heterocycles. The largest absolute Gasteiger partial charge is 0.423 e. The summed E-state index contributed by atoms with van der Waals surface area (Å²) < 4.78 is 31.6. The van der Waals surface area contributed by atoms with E-state index in [-0.39, 0.29) is 11.3 Å². The Balaban J connectivity index is 2.22. The molecule has 0 aromatic heterocycles. The van der Waals surface area contributed by atoms with Crippen LogP contribution in [0.1, 0.15) is 21.5 Å². The second-order valence-corrected chi connectivity index (χ2v) is 4.27. The Bertz CT molecular complexity index is 596. The van der Waals surface area contributed by atoms with Crippen LogP contribution in [0, 0.1) is 25.5 Å². The summed E-state index contributed by atoms with van der Waals surface area (Å²) >= 11 is 0. The van der Waals surface area contributed by atoms with E-state index in [4.69, 9.17) is 4.74 Å². The molecule has 0 saturated carbocycles. The molecule has 0 bridgehead atoms. The topological polar surface area (TPSA) is 26.3 Å². The van der Waals surface area contributed by atoms with Crippen molar-refractivity contribution in [3.8, 4) is 5.75 Å². The Kier molecular flexibility index (Phi) is 3.60. The van der Waals surface area contributed by atoms with Crippen LogP contribution in [0.5, 0.6) is 5.75 Å². The van der Waals surface area contributed by atoms with Crippen LogP contribution >= 0.6 is 0 Å². The van der Waals surface area contributed by atoms with Gasteiger partial charge in [-0.1, -0.05) is 17.7 Å². The minimum absolute atomic E-state index is 0.102. The Labute approximate surface area is 109 Å². The fourth-order valence-corrected chi connectivity index (χ4v) is 1.54. The van der Waals surface area contributed by atoms with Gasteiger partial charge in [-0.15, -0.1) is 0 Å². The van der Waals surface area contributed by atoms with Gasteiger partial charge < -0.3 is 4.74 Å². The van der Waals surface area contributed by atoms with E-state index in [2.05, 4.69) is 0 Å². The number of hydrogen-bond acceptors (Lipinski definition) is 2. The van der Waals surface area contributed by atoms with E-state index in [1.54, 1.807) is 24.3 Å². The number of aryl methyl sites for hydroxylation is 1. The number of hydrogen-bond donors (Lipinski definition) is 0. The summed E-state index contributed by atoms with van der Waals surface area (Å²) in [5, 5.41) is 0. The van der Waals surface area contributed by atoms with Crippen LogP contribution in [0.2, 0.25) is 0 Å². The number of benzene rings is 2. The molecule has 0 saturated heterocycles. The van der Waals surface area contributed by atoms with Crippen LogP contribution in [0.3, 0.4) is 0 Å². The van der Waals surface area contributed by atoms with Gasteiger partial charge in [0.15, 0.2) is 0 Å². The lowest BCUT2D eigenvalue weighted by Gasteiger charge is -2.06. The average Bonchev–Trinajstić information content (AvgIpc) is 2.36. The van der Waals surface area contributed by atoms with Crippen LogP contribution in [-0.4, -0.2) is 5.97 Å². The first-order chi connectivity index (χ1) is 8.97. The van der Waals surface area contributed by atoms with E-state index >= 15 is 0 Å². The molecule has 2 rings (SSSR count). The van der Waals surface area contributed by atoms with Gasteiger partial charge in [0.1, 0.15) is 17.4 Å². The fraction of sp³-hybridized carbons (Fsp3) is 0.133. The highest BCUT2D eigenvalue weighted by atomic mass is 19.1. The van der Waals surface area contributed by atoms with Crippen molar-refractivity contribution in [2.75, 3.05) is 0 Å². The third kappa shape index (κ3) is 2.96. The number of esters is 1. The summed E-state index contributed by atoms with van der Waals surface area (Å²) in [5.74, 6) is -2.28. The summed E-state index contributed by atoms with van der Waals surface area (Å²) in [6.07, 6.45) is 0. The molecule has 2 aromatic rings. The number of carbonyl (C=O) groups is 1.